The van der Waals surface area contributed by atoms with Gasteiger partial charge in [-0.25, -0.2) is 0 Å². The van der Waals surface area contributed by atoms with Crippen LogP contribution in [0.3, 0.4) is 0 Å². The Morgan fingerprint density at radius 3 is 2.59 bits per heavy atom. The van der Waals surface area contributed by atoms with E-state index in [1.165, 1.54) is 4.90 Å². The van der Waals surface area contributed by atoms with Gasteiger partial charge in [0.15, 0.2) is 11.5 Å². The number of amides is 3. The van der Waals surface area contributed by atoms with Crippen LogP contribution in [0.1, 0.15) is 49.0 Å². The zero-order chi connectivity index (χ0) is 24.1. The Morgan fingerprint density at radius 1 is 1.03 bits per heavy atom. The van der Waals surface area contributed by atoms with E-state index in [4.69, 9.17) is 9.47 Å². The van der Waals surface area contributed by atoms with Crippen molar-refractivity contribution in [2.75, 3.05) is 31.2 Å². The summed E-state index contributed by atoms with van der Waals surface area (Å²) in [6.45, 7) is 5.53. The Bertz CT molecular complexity index is 1070. The first-order chi connectivity index (χ1) is 16.5. The van der Waals surface area contributed by atoms with Crippen LogP contribution in [0.15, 0.2) is 42.5 Å². The number of hydrogen-bond acceptors (Lipinski definition) is 5. The van der Waals surface area contributed by atoms with Crippen molar-refractivity contribution < 1.29 is 23.9 Å². The number of carbonyl (C=O) groups excluding carboxylic acids is 3. The molecule has 2 aliphatic heterocycles. The fourth-order valence-electron chi connectivity index (χ4n) is 4.54. The molecule has 4 rings (SSSR count). The lowest BCUT2D eigenvalue weighted by atomic mass is 10.0. The summed E-state index contributed by atoms with van der Waals surface area (Å²) in [6.07, 6.45) is 2.38. The van der Waals surface area contributed by atoms with E-state index in [2.05, 4.69) is 5.32 Å². The van der Waals surface area contributed by atoms with Gasteiger partial charge in [0.05, 0.1) is 24.5 Å². The quantitative estimate of drug-likeness (QED) is 0.647. The van der Waals surface area contributed by atoms with Gasteiger partial charge in [-0.1, -0.05) is 18.2 Å². The minimum atomic E-state index is -0.527. The molecule has 0 aliphatic carbocycles. The van der Waals surface area contributed by atoms with Crippen molar-refractivity contribution in [1.29, 1.82) is 0 Å². The van der Waals surface area contributed by atoms with Gasteiger partial charge in [-0.15, -0.1) is 0 Å². The maximum absolute atomic E-state index is 13.4. The Kier molecular flexibility index (Phi) is 7.35. The molecule has 2 heterocycles. The fourth-order valence-corrected chi connectivity index (χ4v) is 4.54. The van der Waals surface area contributed by atoms with Gasteiger partial charge in [0.2, 0.25) is 11.8 Å². The van der Waals surface area contributed by atoms with Crippen LogP contribution in [-0.4, -0.2) is 55.0 Å². The molecule has 0 spiro atoms. The third kappa shape index (κ3) is 4.85. The number of fused-ring (bicyclic) bond motifs is 2. The van der Waals surface area contributed by atoms with Crippen LogP contribution in [0, 0.1) is 0 Å². The molecule has 2 aromatic carbocycles. The average Bonchev–Trinajstić information content (AvgIpc) is 2.94. The summed E-state index contributed by atoms with van der Waals surface area (Å²) in [4.78, 5) is 42.6. The summed E-state index contributed by atoms with van der Waals surface area (Å²) in [5.41, 5.74) is 1.80. The summed E-state index contributed by atoms with van der Waals surface area (Å²) in [5, 5.41) is 2.89. The number of para-hydroxylation sites is 1. The SMILES string of the molecule is CCOc1ccc(CNC(=O)CN2C(=O)C3CCCCN3C(=O)c3ccccc32)cc1OCC. The second-order valence-corrected chi connectivity index (χ2v) is 8.38. The maximum atomic E-state index is 13.4. The highest BCUT2D eigenvalue weighted by atomic mass is 16.5. The molecule has 8 heteroatoms. The van der Waals surface area contributed by atoms with Crippen molar-refractivity contribution >= 4 is 23.4 Å². The number of nitrogens with zero attached hydrogens (tertiary/aromatic N) is 2. The van der Waals surface area contributed by atoms with Crippen molar-refractivity contribution in [2.24, 2.45) is 0 Å². The first kappa shape index (κ1) is 23.6. The predicted octanol–water partition coefficient (Wildman–Crippen LogP) is 3.14. The molecule has 1 unspecified atom stereocenters. The van der Waals surface area contributed by atoms with Crippen LogP contribution in [0.4, 0.5) is 5.69 Å². The molecule has 1 atom stereocenters. The number of hydrogen-bond donors (Lipinski definition) is 1. The molecule has 0 radical (unpaired) electrons. The smallest absolute Gasteiger partial charge is 0.256 e. The van der Waals surface area contributed by atoms with Crippen LogP contribution >= 0.6 is 0 Å². The molecule has 1 saturated heterocycles. The monoisotopic (exact) mass is 465 g/mol. The van der Waals surface area contributed by atoms with E-state index in [0.717, 1.165) is 18.4 Å². The standard InChI is InChI=1S/C26H31N3O5/c1-3-33-22-13-12-18(15-23(22)34-4-2)16-27-24(30)17-29-20-10-6-5-9-19(20)25(31)28-14-8-7-11-21(28)26(29)32/h5-6,9-10,12-13,15,21H,3-4,7-8,11,14,16-17H2,1-2H3,(H,27,30). The number of piperidine rings is 1. The molecule has 0 bridgehead atoms. The van der Waals surface area contributed by atoms with Gasteiger partial charge in [0, 0.05) is 13.1 Å². The predicted molar refractivity (Wildman–Crippen MR) is 128 cm³/mol. The average molecular weight is 466 g/mol. The topological polar surface area (TPSA) is 88.2 Å². The van der Waals surface area contributed by atoms with Gasteiger partial charge in [-0.05, 0) is 62.9 Å². The molecule has 0 aromatic heterocycles. The third-order valence-electron chi connectivity index (χ3n) is 6.14. The van der Waals surface area contributed by atoms with Gasteiger partial charge >= 0.3 is 0 Å². The molecule has 0 saturated carbocycles. The van der Waals surface area contributed by atoms with Crippen LogP contribution in [0.25, 0.3) is 0 Å². The lowest BCUT2D eigenvalue weighted by Crippen LogP contribution is -2.52. The Morgan fingerprint density at radius 2 is 1.79 bits per heavy atom. The second kappa shape index (κ2) is 10.6. The van der Waals surface area contributed by atoms with Crippen LogP contribution in [0.2, 0.25) is 0 Å². The van der Waals surface area contributed by atoms with Crippen molar-refractivity contribution in [3.63, 3.8) is 0 Å². The molecule has 8 nitrogen and oxygen atoms in total. The van der Waals surface area contributed by atoms with E-state index in [9.17, 15) is 14.4 Å². The highest BCUT2D eigenvalue weighted by Gasteiger charge is 2.40. The highest BCUT2D eigenvalue weighted by Crippen LogP contribution is 2.32. The summed E-state index contributed by atoms with van der Waals surface area (Å²) >= 11 is 0. The summed E-state index contributed by atoms with van der Waals surface area (Å²) in [6, 6.07) is 12.0. The molecule has 1 fully saturated rings. The Hall–Kier alpha value is -3.55. The number of ether oxygens (including phenoxy) is 2. The van der Waals surface area contributed by atoms with E-state index in [1.807, 2.05) is 32.0 Å². The van der Waals surface area contributed by atoms with Gasteiger partial charge in [0.1, 0.15) is 12.6 Å². The molecule has 3 amide bonds. The van der Waals surface area contributed by atoms with Crippen molar-refractivity contribution in [3.8, 4) is 11.5 Å². The molecule has 180 valence electrons. The minimum absolute atomic E-state index is 0.144. The largest absolute Gasteiger partial charge is 0.490 e. The van der Waals surface area contributed by atoms with Crippen LogP contribution < -0.4 is 19.7 Å². The van der Waals surface area contributed by atoms with Crippen LogP contribution in [0.5, 0.6) is 11.5 Å². The molecular weight excluding hydrogens is 434 g/mol. The molecule has 1 N–H and O–H groups in total. The van der Waals surface area contributed by atoms with Gasteiger partial charge < -0.3 is 24.6 Å². The molecular formula is C26H31N3O5. The second-order valence-electron chi connectivity index (χ2n) is 8.38. The Balaban J connectivity index is 1.50. The minimum Gasteiger partial charge on any atom is -0.490 e. The van der Waals surface area contributed by atoms with E-state index in [0.29, 0.717) is 48.9 Å². The lowest BCUT2D eigenvalue weighted by Gasteiger charge is -2.34. The number of carbonyl (C=O) groups is 3. The van der Waals surface area contributed by atoms with Crippen LogP contribution in [-0.2, 0) is 16.1 Å². The maximum Gasteiger partial charge on any atom is 0.256 e. The highest BCUT2D eigenvalue weighted by molar-refractivity contribution is 6.12. The van der Waals surface area contributed by atoms with Crippen molar-refractivity contribution in [2.45, 2.75) is 45.7 Å². The van der Waals surface area contributed by atoms with Gasteiger partial charge in [-0.2, -0.15) is 0 Å². The van der Waals surface area contributed by atoms with E-state index >= 15 is 0 Å². The summed E-state index contributed by atoms with van der Waals surface area (Å²) < 4.78 is 11.3. The molecule has 2 aliphatic rings. The lowest BCUT2D eigenvalue weighted by molar-refractivity contribution is -0.126. The van der Waals surface area contributed by atoms with Crippen molar-refractivity contribution in [3.05, 3.63) is 53.6 Å². The van der Waals surface area contributed by atoms with E-state index < -0.39 is 6.04 Å². The summed E-state index contributed by atoms with van der Waals surface area (Å²) in [7, 11) is 0. The normalized spacial score (nSPS) is 17.5. The molecule has 2 aromatic rings. The van der Waals surface area contributed by atoms with E-state index in [-0.39, 0.29) is 30.8 Å². The summed E-state index contributed by atoms with van der Waals surface area (Å²) in [5.74, 6) is 0.644. The number of benzene rings is 2. The fraction of sp³-hybridized carbons (Fsp3) is 0.423. The molecule has 34 heavy (non-hydrogen) atoms. The number of anilines is 1. The van der Waals surface area contributed by atoms with Gasteiger partial charge in [0.25, 0.3) is 5.91 Å². The van der Waals surface area contributed by atoms with Crippen molar-refractivity contribution in [1.82, 2.24) is 10.2 Å². The third-order valence-corrected chi connectivity index (χ3v) is 6.14. The number of nitrogens with one attached hydrogen (secondary N) is 1. The Labute approximate surface area is 199 Å². The van der Waals surface area contributed by atoms with E-state index in [1.54, 1.807) is 29.2 Å². The first-order valence-corrected chi connectivity index (χ1v) is 11.9. The van der Waals surface area contributed by atoms with Gasteiger partial charge in [-0.3, -0.25) is 14.4 Å². The number of rotatable bonds is 8. The zero-order valence-corrected chi connectivity index (χ0v) is 19.7. The zero-order valence-electron chi connectivity index (χ0n) is 19.7. The first-order valence-electron chi connectivity index (χ1n) is 11.9.